The van der Waals surface area contributed by atoms with Crippen LogP contribution in [0.25, 0.3) is 0 Å². The van der Waals surface area contributed by atoms with Gasteiger partial charge in [-0.15, -0.1) is 0 Å². The van der Waals surface area contributed by atoms with Crippen molar-refractivity contribution < 1.29 is 4.74 Å². The van der Waals surface area contributed by atoms with Crippen LogP contribution in [0.15, 0.2) is 60.7 Å². The second-order valence-corrected chi connectivity index (χ2v) is 5.10. The van der Waals surface area contributed by atoms with Crippen LogP contribution in [0.5, 0.6) is 0 Å². The summed E-state index contributed by atoms with van der Waals surface area (Å²) in [4.78, 5) is 0. The third kappa shape index (κ3) is 1.84. The van der Waals surface area contributed by atoms with Gasteiger partial charge in [-0.25, -0.2) is 0 Å². The Morgan fingerprint density at radius 1 is 0.947 bits per heavy atom. The van der Waals surface area contributed by atoms with Gasteiger partial charge in [0.05, 0.1) is 11.5 Å². The Morgan fingerprint density at radius 2 is 1.42 bits per heavy atom. The van der Waals surface area contributed by atoms with Crippen LogP contribution in [0.3, 0.4) is 0 Å². The van der Waals surface area contributed by atoms with Crippen molar-refractivity contribution >= 4 is 5.90 Å². The summed E-state index contributed by atoms with van der Waals surface area (Å²) in [6.07, 6.45) is 0.896. The van der Waals surface area contributed by atoms with Crippen molar-refractivity contribution in [3.8, 4) is 0 Å². The molecular formula is C17H17NO. The molecule has 2 aromatic carbocycles. The topological polar surface area (TPSA) is 33.1 Å². The summed E-state index contributed by atoms with van der Waals surface area (Å²) in [6, 6.07) is 20.5. The molecule has 1 unspecified atom stereocenters. The van der Waals surface area contributed by atoms with E-state index in [1.54, 1.807) is 0 Å². The molecule has 0 bridgehead atoms. The molecule has 0 aromatic heterocycles. The molecule has 1 heterocycles. The second-order valence-electron chi connectivity index (χ2n) is 5.10. The van der Waals surface area contributed by atoms with Crippen LogP contribution in [0.2, 0.25) is 0 Å². The van der Waals surface area contributed by atoms with Crippen molar-refractivity contribution in [3.63, 3.8) is 0 Å². The van der Waals surface area contributed by atoms with E-state index in [2.05, 4.69) is 24.3 Å². The number of benzene rings is 2. The molecule has 1 fully saturated rings. The lowest BCUT2D eigenvalue weighted by atomic mass is 9.72. The molecule has 2 heteroatoms. The number of nitrogens with one attached hydrogen (secondary N) is 1. The highest BCUT2D eigenvalue weighted by Crippen LogP contribution is 2.43. The molecule has 1 saturated heterocycles. The molecule has 2 aromatic rings. The first-order chi connectivity index (χ1) is 9.23. The molecule has 1 atom stereocenters. The zero-order chi connectivity index (χ0) is 13.3. The van der Waals surface area contributed by atoms with E-state index in [0.29, 0.717) is 5.90 Å². The molecule has 96 valence electrons. The highest BCUT2D eigenvalue weighted by Gasteiger charge is 2.47. The van der Waals surface area contributed by atoms with E-state index in [0.717, 1.165) is 17.5 Å². The first kappa shape index (κ1) is 12.0. The van der Waals surface area contributed by atoms with Gasteiger partial charge in [0, 0.05) is 6.42 Å². The fourth-order valence-electron chi connectivity index (χ4n) is 2.98. The molecular weight excluding hydrogens is 234 g/mol. The average Bonchev–Trinajstić information content (AvgIpc) is 2.76. The van der Waals surface area contributed by atoms with E-state index in [1.165, 1.54) is 0 Å². The summed E-state index contributed by atoms with van der Waals surface area (Å²) in [7, 11) is 0. The summed E-state index contributed by atoms with van der Waals surface area (Å²) < 4.78 is 5.67. The summed E-state index contributed by atoms with van der Waals surface area (Å²) in [5, 5.41) is 8.34. The Kier molecular flexibility index (Phi) is 2.86. The smallest absolute Gasteiger partial charge is 0.196 e. The van der Waals surface area contributed by atoms with Gasteiger partial charge in [-0.3, -0.25) is 5.41 Å². The number of hydrogen-bond acceptors (Lipinski definition) is 2. The standard InChI is InChI=1S/C17H17NO/c1-13-12-17(16(18)19-13,14-8-4-2-5-9-14)15-10-6-3-7-11-15/h2-11,13,18H,12H2,1H3. The fourth-order valence-corrected chi connectivity index (χ4v) is 2.98. The average molecular weight is 251 g/mol. The maximum atomic E-state index is 8.34. The van der Waals surface area contributed by atoms with E-state index in [1.807, 2.05) is 43.3 Å². The zero-order valence-electron chi connectivity index (χ0n) is 11.0. The SMILES string of the molecule is CC1CC(c2ccccc2)(c2ccccc2)C(=N)O1. The Hall–Kier alpha value is -2.09. The van der Waals surface area contributed by atoms with Crippen molar-refractivity contribution in [2.45, 2.75) is 24.9 Å². The highest BCUT2D eigenvalue weighted by atomic mass is 16.5. The van der Waals surface area contributed by atoms with Gasteiger partial charge in [0.25, 0.3) is 0 Å². The van der Waals surface area contributed by atoms with Gasteiger partial charge < -0.3 is 4.74 Å². The van der Waals surface area contributed by atoms with Crippen molar-refractivity contribution in [2.24, 2.45) is 0 Å². The number of ether oxygens (including phenoxy) is 1. The molecule has 3 rings (SSSR count). The molecule has 1 aliphatic heterocycles. The molecule has 0 amide bonds. The van der Waals surface area contributed by atoms with E-state index < -0.39 is 5.41 Å². The molecule has 1 N–H and O–H groups in total. The minimum atomic E-state index is -0.429. The predicted octanol–water partition coefficient (Wildman–Crippen LogP) is 3.76. The molecule has 0 saturated carbocycles. The highest BCUT2D eigenvalue weighted by molar-refractivity contribution is 5.91. The van der Waals surface area contributed by atoms with Gasteiger partial charge in [0.15, 0.2) is 5.90 Å². The predicted molar refractivity (Wildman–Crippen MR) is 76.6 cm³/mol. The van der Waals surface area contributed by atoms with E-state index in [4.69, 9.17) is 10.1 Å². The van der Waals surface area contributed by atoms with Crippen LogP contribution in [0.4, 0.5) is 0 Å². The maximum Gasteiger partial charge on any atom is 0.196 e. The molecule has 0 radical (unpaired) electrons. The van der Waals surface area contributed by atoms with Crippen LogP contribution in [-0.4, -0.2) is 12.0 Å². The third-order valence-corrected chi connectivity index (χ3v) is 3.83. The zero-order valence-corrected chi connectivity index (χ0v) is 11.0. The Morgan fingerprint density at radius 3 is 1.79 bits per heavy atom. The Bertz CT molecular complexity index is 537. The molecule has 0 spiro atoms. The lowest BCUT2D eigenvalue weighted by Crippen LogP contribution is -2.32. The maximum absolute atomic E-state index is 8.34. The normalized spacial score (nSPS) is 21.1. The number of hydrogen-bond donors (Lipinski definition) is 1. The van der Waals surface area contributed by atoms with Crippen LogP contribution >= 0.6 is 0 Å². The quantitative estimate of drug-likeness (QED) is 0.866. The van der Waals surface area contributed by atoms with Gasteiger partial charge in [-0.05, 0) is 18.1 Å². The van der Waals surface area contributed by atoms with Crippen molar-refractivity contribution in [2.75, 3.05) is 0 Å². The lowest BCUT2D eigenvalue weighted by Gasteiger charge is -2.28. The van der Waals surface area contributed by atoms with Crippen LogP contribution < -0.4 is 0 Å². The molecule has 0 aliphatic carbocycles. The lowest BCUT2D eigenvalue weighted by molar-refractivity contribution is 0.238. The van der Waals surface area contributed by atoms with Crippen LogP contribution in [0.1, 0.15) is 24.5 Å². The third-order valence-electron chi connectivity index (χ3n) is 3.83. The van der Waals surface area contributed by atoms with Gasteiger partial charge >= 0.3 is 0 Å². The van der Waals surface area contributed by atoms with Gasteiger partial charge in [0.1, 0.15) is 0 Å². The molecule has 19 heavy (non-hydrogen) atoms. The number of rotatable bonds is 2. The van der Waals surface area contributed by atoms with Crippen LogP contribution in [-0.2, 0) is 10.2 Å². The summed E-state index contributed by atoms with van der Waals surface area (Å²) in [5.74, 6) is 0.359. The minimum Gasteiger partial charge on any atom is -0.477 e. The van der Waals surface area contributed by atoms with Gasteiger partial charge in [-0.2, -0.15) is 0 Å². The summed E-state index contributed by atoms with van der Waals surface area (Å²) in [5.41, 5.74) is 1.84. The van der Waals surface area contributed by atoms with Gasteiger partial charge in [0.2, 0.25) is 0 Å². The first-order valence-electron chi connectivity index (χ1n) is 6.60. The van der Waals surface area contributed by atoms with Crippen molar-refractivity contribution in [1.82, 2.24) is 0 Å². The van der Waals surface area contributed by atoms with Crippen molar-refractivity contribution in [1.29, 1.82) is 5.41 Å². The largest absolute Gasteiger partial charge is 0.477 e. The fraction of sp³-hybridized carbons (Fsp3) is 0.235. The molecule has 2 nitrogen and oxygen atoms in total. The first-order valence-corrected chi connectivity index (χ1v) is 6.60. The van der Waals surface area contributed by atoms with Crippen LogP contribution in [0, 0.1) is 5.41 Å². The van der Waals surface area contributed by atoms with E-state index in [-0.39, 0.29) is 6.10 Å². The van der Waals surface area contributed by atoms with Crippen molar-refractivity contribution in [3.05, 3.63) is 71.8 Å². The van der Waals surface area contributed by atoms with Gasteiger partial charge in [-0.1, -0.05) is 60.7 Å². The van der Waals surface area contributed by atoms with E-state index in [9.17, 15) is 0 Å². The Balaban J connectivity index is 2.20. The summed E-state index contributed by atoms with van der Waals surface area (Å²) in [6.45, 7) is 2.03. The Labute approximate surface area is 113 Å². The summed E-state index contributed by atoms with van der Waals surface area (Å²) >= 11 is 0. The molecule has 1 aliphatic rings. The second kappa shape index (κ2) is 4.54. The minimum absolute atomic E-state index is 0.0768. The monoisotopic (exact) mass is 251 g/mol. The van der Waals surface area contributed by atoms with E-state index >= 15 is 0 Å².